The van der Waals surface area contributed by atoms with Gasteiger partial charge in [0, 0.05) is 38.8 Å². The Morgan fingerprint density at radius 1 is 0.511 bits per heavy atom. The van der Waals surface area contributed by atoms with Gasteiger partial charge >= 0.3 is 0 Å². The van der Waals surface area contributed by atoms with E-state index in [9.17, 15) is 0 Å². The van der Waals surface area contributed by atoms with Crippen LogP contribution in [0.25, 0.3) is 76.1 Å². The summed E-state index contributed by atoms with van der Waals surface area (Å²) >= 11 is 1.78. The molecule has 4 heteroatoms. The first-order chi connectivity index (χ1) is 23.3. The average Bonchev–Trinajstić information content (AvgIpc) is 3.83. The summed E-state index contributed by atoms with van der Waals surface area (Å²) < 4.78 is 6.53. The summed E-state index contributed by atoms with van der Waals surface area (Å²) in [4.78, 5) is 8.74. The van der Waals surface area contributed by atoms with E-state index in [1.165, 1.54) is 37.9 Å². The molecule has 0 radical (unpaired) electrons. The predicted octanol–water partition coefficient (Wildman–Crippen LogP) is 12.6. The molecule has 0 saturated carbocycles. The third-order valence-corrected chi connectivity index (χ3v) is 10.4. The molecule has 0 aliphatic heterocycles. The summed E-state index contributed by atoms with van der Waals surface area (Å²) in [6.45, 7) is 0. The van der Waals surface area contributed by atoms with Crippen LogP contribution in [0.3, 0.4) is 0 Å². The maximum atomic E-state index is 6.53. The molecule has 47 heavy (non-hydrogen) atoms. The molecule has 2 aromatic heterocycles. The fourth-order valence-electron chi connectivity index (χ4n) is 7.06. The Labute approximate surface area is 275 Å². The topological polar surface area (TPSA) is 29.3 Å². The molecule has 0 bridgehead atoms. The van der Waals surface area contributed by atoms with Gasteiger partial charge in [-0.3, -0.25) is 0 Å². The van der Waals surface area contributed by atoms with Gasteiger partial charge < -0.3 is 9.32 Å². The maximum Gasteiger partial charge on any atom is 0.159 e. The van der Waals surface area contributed by atoms with E-state index in [1.807, 2.05) is 12.1 Å². The van der Waals surface area contributed by atoms with Gasteiger partial charge in [-0.25, -0.2) is 4.98 Å². The van der Waals surface area contributed by atoms with Gasteiger partial charge in [-0.2, -0.15) is 0 Å². The van der Waals surface area contributed by atoms with Crippen LogP contribution in [0.4, 0.5) is 17.1 Å². The molecule has 0 saturated heterocycles. The van der Waals surface area contributed by atoms with Gasteiger partial charge in [0.05, 0.1) is 16.3 Å². The second kappa shape index (κ2) is 10.3. The summed E-state index contributed by atoms with van der Waals surface area (Å²) in [5.41, 5.74) is 12.0. The highest BCUT2D eigenvalue weighted by Crippen LogP contribution is 2.51. The molecule has 0 spiro atoms. The Balaban J connectivity index is 1.09. The quantitative estimate of drug-likeness (QED) is 0.192. The summed E-state index contributed by atoms with van der Waals surface area (Å²) in [6, 6.07) is 55.8. The number of fused-ring (bicyclic) bond motifs is 6. The van der Waals surface area contributed by atoms with Crippen LogP contribution in [-0.2, 0) is 0 Å². The van der Waals surface area contributed by atoms with Gasteiger partial charge in [-0.05, 0) is 70.4 Å². The third-order valence-electron chi connectivity index (χ3n) is 9.26. The van der Waals surface area contributed by atoms with Crippen LogP contribution in [-0.4, -0.2) is 4.98 Å². The van der Waals surface area contributed by atoms with Crippen molar-refractivity contribution in [1.82, 2.24) is 4.98 Å². The van der Waals surface area contributed by atoms with E-state index in [2.05, 4.69) is 150 Å². The SMILES string of the molecule is c1ccc(-c2ccc(N(c3ccc(-c4nc5c(s4)-c4cccc6cccc-5c46)cc3)c3cccc4c3oc3ccccc34)cc2)cc1. The molecule has 2 heterocycles. The lowest BCUT2D eigenvalue weighted by molar-refractivity contribution is 0.669. The van der Waals surface area contributed by atoms with Crippen molar-refractivity contribution in [3.63, 3.8) is 0 Å². The van der Waals surface area contributed by atoms with Crippen LogP contribution in [0.2, 0.25) is 0 Å². The highest BCUT2D eigenvalue weighted by molar-refractivity contribution is 7.19. The van der Waals surface area contributed by atoms with Crippen LogP contribution in [0.1, 0.15) is 0 Å². The van der Waals surface area contributed by atoms with E-state index in [0.717, 1.165) is 55.3 Å². The van der Waals surface area contributed by atoms with Crippen LogP contribution in [0, 0.1) is 0 Å². The zero-order chi connectivity index (χ0) is 30.9. The van der Waals surface area contributed by atoms with Crippen LogP contribution in [0.5, 0.6) is 0 Å². The molecule has 0 unspecified atom stereocenters. The lowest BCUT2D eigenvalue weighted by Gasteiger charge is -2.26. The largest absolute Gasteiger partial charge is 0.454 e. The van der Waals surface area contributed by atoms with E-state index < -0.39 is 0 Å². The van der Waals surface area contributed by atoms with E-state index in [1.54, 1.807) is 11.3 Å². The minimum absolute atomic E-state index is 0.870. The van der Waals surface area contributed by atoms with Crippen molar-refractivity contribution in [2.45, 2.75) is 0 Å². The van der Waals surface area contributed by atoms with Gasteiger partial charge in [0.25, 0.3) is 0 Å². The van der Waals surface area contributed by atoms with E-state index in [0.29, 0.717) is 0 Å². The number of furan rings is 1. The lowest BCUT2D eigenvalue weighted by Crippen LogP contribution is -2.10. The summed E-state index contributed by atoms with van der Waals surface area (Å²) in [5, 5.41) is 5.85. The Bertz CT molecular complexity index is 2560. The van der Waals surface area contributed by atoms with E-state index in [4.69, 9.17) is 9.40 Å². The standard InChI is InChI=1S/C43H26N2OS/c1-2-9-27(10-3-1)28-19-23-31(24-20-28)45(37-17-8-14-34-33-13-4-5-18-38(33)46-41(34)37)32-25-21-30(22-26-32)43-44-40-35-15-6-11-29-12-7-16-36(39(29)35)42(40)47-43/h1-26H. The summed E-state index contributed by atoms with van der Waals surface area (Å²) in [7, 11) is 0. The number of para-hydroxylation sites is 2. The molecule has 220 valence electrons. The molecule has 1 aliphatic rings. The number of thiazole rings is 1. The van der Waals surface area contributed by atoms with Gasteiger partial charge in [0.2, 0.25) is 0 Å². The number of nitrogens with zero attached hydrogens (tertiary/aromatic N) is 2. The second-order valence-electron chi connectivity index (χ2n) is 12.0. The monoisotopic (exact) mass is 618 g/mol. The Morgan fingerprint density at radius 2 is 1.15 bits per heavy atom. The number of anilines is 3. The molecule has 7 aromatic carbocycles. The average molecular weight is 619 g/mol. The van der Waals surface area contributed by atoms with Crippen molar-refractivity contribution in [2.24, 2.45) is 0 Å². The first-order valence-corrected chi connectivity index (χ1v) is 16.6. The second-order valence-corrected chi connectivity index (χ2v) is 13.0. The summed E-state index contributed by atoms with van der Waals surface area (Å²) in [6.07, 6.45) is 0. The maximum absolute atomic E-state index is 6.53. The number of hydrogen-bond donors (Lipinski definition) is 0. The van der Waals surface area contributed by atoms with Crippen molar-refractivity contribution < 1.29 is 4.42 Å². The number of hydrogen-bond acceptors (Lipinski definition) is 4. The normalized spacial score (nSPS) is 11.8. The molecular formula is C43H26N2OS. The van der Waals surface area contributed by atoms with Crippen molar-refractivity contribution in [3.05, 3.63) is 158 Å². The van der Waals surface area contributed by atoms with Crippen LogP contribution >= 0.6 is 11.3 Å². The van der Waals surface area contributed by atoms with Gasteiger partial charge in [0.15, 0.2) is 5.58 Å². The molecule has 0 N–H and O–H groups in total. The van der Waals surface area contributed by atoms with Crippen molar-refractivity contribution in [3.8, 4) is 43.4 Å². The molecule has 0 amide bonds. The van der Waals surface area contributed by atoms with Crippen LogP contribution < -0.4 is 4.90 Å². The van der Waals surface area contributed by atoms with Crippen molar-refractivity contribution >= 4 is 61.1 Å². The zero-order valence-electron chi connectivity index (χ0n) is 25.2. The minimum Gasteiger partial charge on any atom is -0.454 e. The first kappa shape index (κ1) is 26.3. The molecule has 10 rings (SSSR count). The molecule has 0 fully saturated rings. The number of benzene rings is 7. The van der Waals surface area contributed by atoms with Gasteiger partial charge in [0.1, 0.15) is 10.6 Å². The Hall–Kier alpha value is -5.97. The molecule has 1 aliphatic carbocycles. The molecular weight excluding hydrogens is 593 g/mol. The van der Waals surface area contributed by atoms with Crippen LogP contribution in [0.15, 0.2) is 162 Å². The number of rotatable bonds is 5. The number of aromatic nitrogens is 1. The highest BCUT2D eigenvalue weighted by Gasteiger charge is 2.26. The van der Waals surface area contributed by atoms with Gasteiger partial charge in [-0.15, -0.1) is 11.3 Å². The molecule has 3 nitrogen and oxygen atoms in total. The smallest absolute Gasteiger partial charge is 0.159 e. The van der Waals surface area contributed by atoms with E-state index in [-0.39, 0.29) is 0 Å². The third kappa shape index (κ3) is 4.09. The fourth-order valence-corrected chi connectivity index (χ4v) is 8.18. The fraction of sp³-hybridized carbons (Fsp3) is 0. The minimum atomic E-state index is 0.870. The Kier molecular flexibility index (Phi) is 5.74. The summed E-state index contributed by atoms with van der Waals surface area (Å²) in [5.74, 6) is 0. The predicted molar refractivity (Wildman–Crippen MR) is 197 cm³/mol. The molecule has 9 aromatic rings. The van der Waals surface area contributed by atoms with E-state index >= 15 is 0 Å². The molecule has 0 atom stereocenters. The van der Waals surface area contributed by atoms with Gasteiger partial charge in [-0.1, -0.05) is 109 Å². The first-order valence-electron chi connectivity index (χ1n) is 15.8. The van der Waals surface area contributed by atoms with Crippen molar-refractivity contribution in [2.75, 3.05) is 4.90 Å². The highest BCUT2D eigenvalue weighted by atomic mass is 32.1. The lowest BCUT2D eigenvalue weighted by atomic mass is 10.0. The van der Waals surface area contributed by atoms with Crippen molar-refractivity contribution in [1.29, 1.82) is 0 Å². The zero-order valence-corrected chi connectivity index (χ0v) is 26.0. The Morgan fingerprint density at radius 3 is 1.94 bits per heavy atom.